The van der Waals surface area contributed by atoms with Crippen LogP contribution in [0.1, 0.15) is 27.9 Å². The standard InChI is InChI=1S/C22H20N4O2/c1-26-14-13-24-21(26)19(17-9-5-6-10-18(17)28-2)25-22(27)20-16-8-4-3-7-15(16)11-12-23-20/h3-14,19H,1-2H3,(H,25,27)/t19-/m1/s1. The number of hydrogen-bond acceptors (Lipinski definition) is 4. The van der Waals surface area contributed by atoms with Crippen LogP contribution in [0.4, 0.5) is 0 Å². The van der Waals surface area contributed by atoms with E-state index in [9.17, 15) is 4.79 Å². The van der Waals surface area contributed by atoms with Crippen molar-refractivity contribution in [1.82, 2.24) is 19.9 Å². The fourth-order valence-corrected chi connectivity index (χ4v) is 3.34. The molecular weight excluding hydrogens is 352 g/mol. The summed E-state index contributed by atoms with van der Waals surface area (Å²) in [6.07, 6.45) is 5.20. The predicted octanol–water partition coefficient (Wildman–Crippen LogP) is 3.50. The molecular formula is C22H20N4O2. The van der Waals surface area contributed by atoms with E-state index >= 15 is 0 Å². The normalized spacial score (nSPS) is 11.9. The van der Waals surface area contributed by atoms with Crippen molar-refractivity contribution in [1.29, 1.82) is 0 Å². The zero-order valence-electron chi connectivity index (χ0n) is 15.7. The molecule has 0 fully saturated rings. The molecule has 140 valence electrons. The SMILES string of the molecule is COc1ccccc1[C@@H](NC(=O)c1nccc2ccccc12)c1nccn1C. The van der Waals surface area contributed by atoms with Gasteiger partial charge < -0.3 is 14.6 Å². The molecule has 6 nitrogen and oxygen atoms in total. The first kappa shape index (κ1) is 17.7. The summed E-state index contributed by atoms with van der Waals surface area (Å²) < 4.78 is 7.40. The summed E-state index contributed by atoms with van der Waals surface area (Å²) in [6.45, 7) is 0. The third kappa shape index (κ3) is 3.20. The highest BCUT2D eigenvalue weighted by atomic mass is 16.5. The fraction of sp³-hybridized carbons (Fsp3) is 0.136. The molecule has 4 rings (SSSR count). The first-order valence-corrected chi connectivity index (χ1v) is 8.94. The van der Waals surface area contributed by atoms with E-state index < -0.39 is 6.04 Å². The van der Waals surface area contributed by atoms with Gasteiger partial charge in [-0.25, -0.2) is 4.98 Å². The average Bonchev–Trinajstić information content (AvgIpc) is 3.17. The van der Waals surface area contributed by atoms with Gasteiger partial charge in [0.25, 0.3) is 5.91 Å². The molecule has 0 bridgehead atoms. The van der Waals surface area contributed by atoms with Gasteiger partial charge in [-0.3, -0.25) is 9.78 Å². The van der Waals surface area contributed by atoms with Gasteiger partial charge in [-0.15, -0.1) is 0 Å². The zero-order chi connectivity index (χ0) is 19.5. The van der Waals surface area contributed by atoms with Crippen LogP contribution in [-0.4, -0.2) is 27.6 Å². The lowest BCUT2D eigenvalue weighted by Crippen LogP contribution is -2.32. The minimum atomic E-state index is -0.482. The van der Waals surface area contributed by atoms with Crippen LogP contribution < -0.4 is 10.1 Å². The van der Waals surface area contributed by atoms with Crippen molar-refractivity contribution in [2.24, 2.45) is 7.05 Å². The van der Waals surface area contributed by atoms with E-state index in [4.69, 9.17) is 4.74 Å². The van der Waals surface area contributed by atoms with E-state index in [1.807, 2.05) is 72.4 Å². The second-order valence-electron chi connectivity index (χ2n) is 6.43. The monoisotopic (exact) mass is 372 g/mol. The molecule has 0 unspecified atom stereocenters. The molecule has 0 aliphatic rings. The van der Waals surface area contributed by atoms with Crippen LogP contribution in [-0.2, 0) is 7.05 Å². The zero-order valence-corrected chi connectivity index (χ0v) is 15.7. The number of amides is 1. The molecule has 1 N–H and O–H groups in total. The number of ether oxygens (including phenoxy) is 1. The Kier molecular flexibility index (Phi) is 4.76. The van der Waals surface area contributed by atoms with Crippen molar-refractivity contribution < 1.29 is 9.53 Å². The van der Waals surface area contributed by atoms with Crippen LogP contribution in [0.3, 0.4) is 0 Å². The molecule has 1 amide bonds. The molecule has 2 aromatic heterocycles. The Balaban J connectivity index is 1.78. The van der Waals surface area contributed by atoms with Gasteiger partial charge in [0, 0.05) is 36.6 Å². The number of benzene rings is 2. The number of nitrogens with one attached hydrogen (secondary N) is 1. The number of imidazole rings is 1. The van der Waals surface area contributed by atoms with Crippen LogP contribution in [0.2, 0.25) is 0 Å². The lowest BCUT2D eigenvalue weighted by atomic mass is 10.0. The van der Waals surface area contributed by atoms with Gasteiger partial charge in [-0.1, -0.05) is 42.5 Å². The molecule has 0 radical (unpaired) electrons. The van der Waals surface area contributed by atoms with Crippen molar-refractivity contribution in [3.63, 3.8) is 0 Å². The molecule has 1 atom stereocenters. The maximum Gasteiger partial charge on any atom is 0.271 e. The largest absolute Gasteiger partial charge is 0.496 e. The number of carbonyl (C=O) groups excluding carboxylic acids is 1. The van der Waals surface area contributed by atoms with Crippen molar-refractivity contribution in [2.75, 3.05) is 7.11 Å². The van der Waals surface area contributed by atoms with Crippen LogP contribution in [0.15, 0.2) is 73.2 Å². The van der Waals surface area contributed by atoms with E-state index in [2.05, 4.69) is 15.3 Å². The molecule has 4 aromatic rings. The smallest absolute Gasteiger partial charge is 0.271 e. The van der Waals surface area contributed by atoms with Gasteiger partial charge in [-0.2, -0.15) is 0 Å². The summed E-state index contributed by atoms with van der Waals surface area (Å²) in [6, 6.07) is 16.7. The first-order valence-electron chi connectivity index (χ1n) is 8.94. The van der Waals surface area contributed by atoms with Gasteiger partial charge in [-0.05, 0) is 17.5 Å². The van der Waals surface area contributed by atoms with Gasteiger partial charge in [0.2, 0.25) is 0 Å². The molecule has 6 heteroatoms. The number of fused-ring (bicyclic) bond motifs is 1. The van der Waals surface area contributed by atoms with Crippen LogP contribution >= 0.6 is 0 Å². The maximum atomic E-state index is 13.2. The molecule has 28 heavy (non-hydrogen) atoms. The van der Waals surface area contributed by atoms with E-state index in [1.54, 1.807) is 19.5 Å². The molecule has 2 heterocycles. The van der Waals surface area contributed by atoms with Crippen molar-refractivity contribution in [3.05, 3.63) is 90.3 Å². The predicted molar refractivity (Wildman–Crippen MR) is 107 cm³/mol. The number of nitrogens with zero attached hydrogens (tertiary/aromatic N) is 3. The Morgan fingerprint density at radius 1 is 1.04 bits per heavy atom. The first-order chi connectivity index (χ1) is 13.7. The molecule has 2 aromatic carbocycles. The lowest BCUT2D eigenvalue weighted by Gasteiger charge is -2.21. The number of carbonyl (C=O) groups is 1. The van der Waals surface area contributed by atoms with Gasteiger partial charge >= 0.3 is 0 Å². The summed E-state index contributed by atoms with van der Waals surface area (Å²) in [4.78, 5) is 22.0. The van der Waals surface area contributed by atoms with Gasteiger partial charge in [0.15, 0.2) is 0 Å². The average molecular weight is 372 g/mol. The summed E-state index contributed by atoms with van der Waals surface area (Å²) in [5.41, 5.74) is 1.21. The quantitative estimate of drug-likeness (QED) is 0.582. The Morgan fingerprint density at radius 2 is 1.82 bits per heavy atom. The van der Waals surface area contributed by atoms with Crippen LogP contribution in [0.5, 0.6) is 5.75 Å². The van der Waals surface area contributed by atoms with Crippen LogP contribution in [0, 0.1) is 0 Å². The minimum absolute atomic E-state index is 0.268. The Bertz CT molecular complexity index is 1130. The summed E-state index contributed by atoms with van der Waals surface area (Å²) in [5, 5.41) is 4.87. The number of aryl methyl sites for hydroxylation is 1. The maximum absolute atomic E-state index is 13.2. The Labute approximate surface area is 162 Å². The molecule has 0 spiro atoms. The Hall–Kier alpha value is -3.67. The molecule has 0 aliphatic heterocycles. The highest BCUT2D eigenvalue weighted by Crippen LogP contribution is 2.29. The third-order valence-electron chi connectivity index (χ3n) is 4.73. The molecule has 0 saturated carbocycles. The topological polar surface area (TPSA) is 69.0 Å². The highest BCUT2D eigenvalue weighted by molar-refractivity contribution is 6.05. The molecule has 0 aliphatic carbocycles. The van der Waals surface area contributed by atoms with Gasteiger partial charge in [0.05, 0.1) is 7.11 Å². The number of hydrogen-bond donors (Lipinski definition) is 1. The number of pyridine rings is 1. The lowest BCUT2D eigenvalue weighted by molar-refractivity contribution is 0.0937. The number of aromatic nitrogens is 3. The number of para-hydroxylation sites is 1. The Morgan fingerprint density at radius 3 is 2.61 bits per heavy atom. The summed E-state index contributed by atoms with van der Waals surface area (Å²) in [7, 11) is 3.51. The third-order valence-corrected chi connectivity index (χ3v) is 4.73. The van der Waals surface area contributed by atoms with Crippen molar-refractivity contribution >= 4 is 16.7 Å². The van der Waals surface area contributed by atoms with E-state index in [1.165, 1.54) is 0 Å². The molecule has 0 saturated heterocycles. The van der Waals surface area contributed by atoms with Crippen molar-refractivity contribution in [3.8, 4) is 5.75 Å². The summed E-state index contributed by atoms with van der Waals surface area (Å²) >= 11 is 0. The second kappa shape index (κ2) is 7.52. The fourth-order valence-electron chi connectivity index (χ4n) is 3.34. The second-order valence-corrected chi connectivity index (χ2v) is 6.43. The highest BCUT2D eigenvalue weighted by Gasteiger charge is 2.25. The van der Waals surface area contributed by atoms with E-state index in [0.717, 1.165) is 16.3 Å². The van der Waals surface area contributed by atoms with E-state index in [-0.39, 0.29) is 5.91 Å². The van der Waals surface area contributed by atoms with Crippen molar-refractivity contribution in [2.45, 2.75) is 6.04 Å². The number of rotatable bonds is 5. The number of methoxy groups -OCH3 is 1. The van der Waals surface area contributed by atoms with Crippen LogP contribution in [0.25, 0.3) is 10.8 Å². The van der Waals surface area contributed by atoms with Gasteiger partial charge in [0.1, 0.15) is 23.3 Å². The summed E-state index contributed by atoms with van der Waals surface area (Å²) in [5.74, 6) is 1.12. The van der Waals surface area contributed by atoms with E-state index in [0.29, 0.717) is 17.3 Å². The minimum Gasteiger partial charge on any atom is -0.496 e.